The molecule has 0 aliphatic carbocycles. The molecule has 1 saturated heterocycles. The Bertz CT molecular complexity index is 431. The third-order valence-electron chi connectivity index (χ3n) is 3.78. The fourth-order valence-corrected chi connectivity index (χ4v) is 2.74. The van der Waals surface area contributed by atoms with Crippen LogP contribution in [0.4, 0.5) is 0 Å². The molecule has 2 rings (SSSR count). The smallest absolute Gasteiger partial charge is 0.253 e. The first-order valence-electron chi connectivity index (χ1n) is 6.99. The highest BCUT2D eigenvalue weighted by Gasteiger charge is 2.18. The van der Waals surface area contributed by atoms with Gasteiger partial charge in [0.1, 0.15) is 0 Å². The zero-order valence-electron chi connectivity index (χ0n) is 11.7. The molecule has 0 saturated carbocycles. The Labute approximate surface area is 110 Å². The maximum Gasteiger partial charge on any atom is 0.253 e. The van der Waals surface area contributed by atoms with Crippen molar-refractivity contribution in [3.63, 3.8) is 0 Å². The van der Waals surface area contributed by atoms with E-state index in [1.54, 1.807) is 0 Å². The molecular weight excluding hydrogens is 222 g/mol. The Morgan fingerprint density at radius 3 is 2.39 bits per heavy atom. The molecule has 1 heterocycles. The lowest BCUT2D eigenvalue weighted by Crippen LogP contribution is -2.35. The van der Waals surface area contributed by atoms with E-state index in [0.29, 0.717) is 5.92 Å². The van der Waals surface area contributed by atoms with Crippen molar-refractivity contribution < 1.29 is 4.79 Å². The zero-order chi connectivity index (χ0) is 13.1. The summed E-state index contributed by atoms with van der Waals surface area (Å²) in [5.74, 6) is 0.720. The second-order valence-electron chi connectivity index (χ2n) is 5.58. The third kappa shape index (κ3) is 2.74. The van der Waals surface area contributed by atoms with Crippen molar-refractivity contribution in [2.75, 3.05) is 13.1 Å². The van der Waals surface area contributed by atoms with Crippen LogP contribution in [0.3, 0.4) is 0 Å². The van der Waals surface area contributed by atoms with Crippen LogP contribution < -0.4 is 0 Å². The lowest BCUT2D eigenvalue weighted by atomic mass is 9.96. The number of likely N-dealkylation sites (tertiary alicyclic amines) is 1. The van der Waals surface area contributed by atoms with Crippen molar-refractivity contribution in [2.45, 2.75) is 46.0 Å². The van der Waals surface area contributed by atoms with Crippen LogP contribution in [0.5, 0.6) is 0 Å². The summed E-state index contributed by atoms with van der Waals surface area (Å²) in [5.41, 5.74) is 3.41. The van der Waals surface area contributed by atoms with Gasteiger partial charge in [-0.2, -0.15) is 0 Å². The van der Waals surface area contributed by atoms with Crippen molar-refractivity contribution >= 4 is 5.91 Å². The Morgan fingerprint density at radius 1 is 1.17 bits per heavy atom. The van der Waals surface area contributed by atoms with E-state index in [1.165, 1.54) is 17.5 Å². The van der Waals surface area contributed by atoms with Gasteiger partial charge in [-0.3, -0.25) is 4.79 Å². The van der Waals surface area contributed by atoms with E-state index in [1.807, 2.05) is 17.0 Å². The molecule has 2 nitrogen and oxygen atoms in total. The second kappa shape index (κ2) is 5.55. The number of carbonyl (C=O) groups excluding carboxylic acids is 1. The molecule has 1 aromatic rings. The lowest BCUT2D eigenvalue weighted by Gasteiger charge is -2.27. The lowest BCUT2D eigenvalue weighted by molar-refractivity contribution is 0.0724. The molecule has 1 aliphatic rings. The van der Waals surface area contributed by atoms with E-state index < -0.39 is 0 Å². The molecule has 0 atom stereocenters. The number of carbonyl (C=O) groups is 1. The van der Waals surface area contributed by atoms with Crippen molar-refractivity contribution in [3.05, 3.63) is 34.9 Å². The van der Waals surface area contributed by atoms with Crippen LogP contribution >= 0.6 is 0 Å². The molecule has 0 bridgehead atoms. The SMILES string of the molecule is Cc1cc(C(=O)N2CCCCC2)ccc1C(C)C. The molecule has 0 N–H and O–H groups in total. The Kier molecular flexibility index (Phi) is 4.05. The van der Waals surface area contributed by atoms with Gasteiger partial charge in [0.2, 0.25) is 0 Å². The summed E-state index contributed by atoms with van der Waals surface area (Å²) in [6.07, 6.45) is 3.55. The highest BCUT2D eigenvalue weighted by molar-refractivity contribution is 5.94. The number of aryl methyl sites for hydroxylation is 1. The fourth-order valence-electron chi connectivity index (χ4n) is 2.74. The van der Waals surface area contributed by atoms with Crippen molar-refractivity contribution in [2.24, 2.45) is 0 Å². The third-order valence-corrected chi connectivity index (χ3v) is 3.78. The number of piperidine rings is 1. The van der Waals surface area contributed by atoms with Crippen molar-refractivity contribution in [1.29, 1.82) is 0 Å². The quantitative estimate of drug-likeness (QED) is 0.777. The zero-order valence-corrected chi connectivity index (χ0v) is 11.7. The summed E-state index contributed by atoms with van der Waals surface area (Å²) in [6, 6.07) is 6.14. The topological polar surface area (TPSA) is 20.3 Å². The Morgan fingerprint density at radius 2 is 1.83 bits per heavy atom. The van der Waals surface area contributed by atoms with Crippen molar-refractivity contribution in [3.8, 4) is 0 Å². The van der Waals surface area contributed by atoms with Gasteiger partial charge in [-0.25, -0.2) is 0 Å². The molecule has 98 valence electrons. The van der Waals surface area contributed by atoms with E-state index in [9.17, 15) is 4.79 Å². The largest absolute Gasteiger partial charge is 0.339 e. The molecular formula is C16H23NO. The first kappa shape index (κ1) is 13.1. The Hall–Kier alpha value is -1.31. The van der Waals surface area contributed by atoms with E-state index >= 15 is 0 Å². The normalized spacial score (nSPS) is 16.1. The number of amides is 1. The van der Waals surface area contributed by atoms with E-state index in [0.717, 1.165) is 31.5 Å². The van der Waals surface area contributed by atoms with E-state index in [4.69, 9.17) is 0 Å². The standard InChI is InChI=1S/C16H23NO/c1-12(2)15-8-7-14(11-13(15)3)16(18)17-9-5-4-6-10-17/h7-8,11-12H,4-6,9-10H2,1-3H3. The predicted molar refractivity (Wildman–Crippen MR) is 75.0 cm³/mol. The first-order valence-corrected chi connectivity index (χ1v) is 6.99. The average Bonchev–Trinajstić information content (AvgIpc) is 2.38. The van der Waals surface area contributed by atoms with Gasteiger partial charge in [0, 0.05) is 18.7 Å². The fraction of sp³-hybridized carbons (Fsp3) is 0.562. The van der Waals surface area contributed by atoms with Crippen LogP contribution in [0.1, 0.15) is 60.5 Å². The maximum absolute atomic E-state index is 12.4. The van der Waals surface area contributed by atoms with Gasteiger partial charge in [0.05, 0.1) is 0 Å². The van der Waals surface area contributed by atoms with Gasteiger partial charge in [-0.05, 0) is 55.4 Å². The van der Waals surface area contributed by atoms with Gasteiger partial charge >= 0.3 is 0 Å². The molecule has 0 spiro atoms. The monoisotopic (exact) mass is 245 g/mol. The van der Waals surface area contributed by atoms with Gasteiger partial charge in [0.25, 0.3) is 5.91 Å². The summed E-state index contributed by atoms with van der Waals surface area (Å²) in [6.45, 7) is 8.32. The minimum Gasteiger partial charge on any atom is -0.339 e. The molecule has 2 heteroatoms. The number of hydrogen-bond acceptors (Lipinski definition) is 1. The van der Waals surface area contributed by atoms with Crippen LogP contribution in [0.15, 0.2) is 18.2 Å². The van der Waals surface area contributed by atoms with Gasteiger partial charge in [0.15, 0.2) is 0 Å². The van der Waals surface area contributed by atoms with Gasteiger partial charge in [-0.1, -0.05) is 19.9 Å². The molecule has 0 radical (unpaired) electrons. The van der Waals surface area contributed by atoms with E-state index in [2.05, 4.69) is 26.8 Å². The number of hydrogen-bond donors (Lipinski definition) is 0. The molecule has 1 fully saturated rings. The van der Waals surface area contributed by atoms with Crippen LogP contribution in [0.25, 0.3) is 0 Å². The molecule has 0 unspecified atom stereocenters. The predicted octanol–water partition coefficient (Wildman–Crippen LogP) is 3.74. The number of rotatable bonds is 2. The van der Waals surface area contributed by atoms with E-state index in [-0.39, 0.29) is 5.91 Å². The van der Waals surface area contributed by atoms with Crippen LogP contribution in [0.2, 0.25) is 0 Å². The molecule has 1 amide bonds. The van der Waals surface area contributed by atoms with Crippen molar-refractivity contribution in [1.82, 2.24) is 4.90 Å². The summed E-state index contributed by atoms with van der Waals surface area (Å²) >= 11 is 0. The summed E-state index contributed by atoms with van der Waals surface area (Å²) in [4.78, 5) is 14.4. The minimum atomic E-state index is 0.202. The van der Waals surface area contributed by atoms with Gasteiger partial charge in [-0.15, -0.1) is 0 Å². The first-order chi connectivity index (χ1) is 8.59. The summed E-state index contributed by atoms with van der Waals surface area (Å²) in [7, 11) is 0. The number of nitrogens with zero attached hydrogens (tertiary/aromatic N) is 1. The Balaban J connectivity index is 2.18. The highest BCUT2D eigenvalue weighted by Crippen LogP contribution is 2.21. The maximum atomic E-state index is 12.4. The molecule has 1 aliphatic heterocycles. The van der Waals surface area contributed by atoms with Gasteiger partial charge < -0.3 is 4.90 Å². The summed E-state index contributed by atoms with van der Waals surface area (Å²) in [5, 5.41) is 0. The van der Waals surface area contributed by atoms with Crippen LogP contribution in [-0.4, -0.2) is 23.9 Å². The average molecular weight is 245 g/mol. The highest BCUT2D eigenvalue weighted by atomic mass is 16.2. The second-order valence-corrected chi connectivity index (χ2v) is 5.58. The minimum absolute atomic E-state index is 0.202. The molecule has 0 aromatic heterocycles. The van der Waals surface area contributed by atoms with Crippen LogP contribution in [-0.2, 0) is 0 Å². The molecule has 18 heavy (non-hydrogen) atoms. The number of benzene rings is 1. The van der Waals surface area contributed by atoms with Crippen LogP contribution in [0, 0.1) is 6.92 Å². The molecule has 1 aromatic carbocycles. The summed E-state index contributed by atoms with van der Waals surface area (Å²) < 4.78 is 0.